The van der Waals surface area contributed by atoms with Crippen molar-refractivity contribution in [2.24, 2.45) is 0 Å². The van der Waals surface area contributed by atoms with Crippen LogP contribution in [0.2, 0.25) is 0 Å². The van der Waals surface area contributed by atoms with Gasteiger partial charge in [0.15, 0.2) is 0 Å². The van der Waals surface area contributed by atoms with Gasteiger partial charge in [-0.25, -0.2) is 9.59 Å². The number of alkyl carbamates (subject to hydrolysis) is 1. The number of methoxy groups -OCH3 is 1. The van der Waals surface area contributed by atoms with E-state index >= 15 is 0 Å². The highest BCUT2D eigenvalue weighted by Gasteiger charge is 2.23. The molecule has 0 heterocycles. The summed E-state index contributed by atoms with van der Waals surface area (Å²) < 4.78 is 9.87. The van der Waals surface area contributed by atoms with E-state index in [2.05, 4.69) is 5.32 Å². The number of halogens is 1. The molecule has 2 aromatic carbocycles. The summed E-state index contributed by atoms with van der Waals surface area (Å²) >= 11 is 0. The largest absolute Gasteiger partial charge is 0.467 e. The molecule has 0 aliphatic rings. The van der Waals surface area contributed by atoms with Gasteiger partial charge in [0.1, 0.15) is 12.6 Å². The van der Waals surface area contributed by atoms with Crippen molar-refractivity contribution in [3.05, 3.63) is 59.7 Å². The van der Waals surface area contributed by atoms with Gasteiger partial charge in [0.05, 0.1) is 18.5 Å². The summed E-state index contributed by atoms with van der Waals surface area (Å²) in [5.74, 6) is -0.577. The molecule has 8 heteroatoms. The highest BCUT2D eigenvalue weighted by molar-refractivity contribution is 5.85. The number of hydrogen-bond donors (Lipinski definition) is 3. The lowest BCUT2D eigenvalue weighted by Crippen LogP contribution is -2.43. The Morgan fingerprint density at radius 2 is 1.73 bits per heavy atom. The second-order valence-electron chi connectivity index (χ2n) is 5.45. The van der Waals surface area contributed by atoms with E-state index in [1.807, 2.05) is 30.3 Å². The molecular weight excluding hydrogens is 358 g/mol. The maximum Gasteiger partial charge on any atom is 0.408 e. The molecule has 26 heavy (non-hydrogen) atoms. The molecule has 0 saturated carbocycles. The van der Waals surface area contributed by atoms with Gasteiger partial charge in [0, 0.05) is 6.42 Å². The third-order valence-electron chi connectivity index (χ3n) is 3.58. The molecule has 0 saturated heterocycles. The van der Waals surface area contributed by atoms with Gasteiger partial charge in [-0.2, -0.15) is 0 Å². The molecule has 0 spiro atoms. The van der Waals surface area contributed by atoms with Crippen LogP contribution in [-0.4, -0.2) is 25.2 Å². The van der Waals surface area contributed by atoms with E-state index < -0.39 is 18.1 Å². The molecule has 0 aliphatic carbocycles. The Labute approximate surface area is 158 Å². The molecule has 0 radical (unpaired) electrons. The van der Waals surface area contributed by atoms with Gasteiger partial charge in [-0.15, -0.1) is 12.4 Å². The summed E-state index contributed by atoms with van der Waals surface area (Å²) in [6.45, 7) is 0.107. The van der Waals surface area contributed by atoms with E-state index in [-0.39, 0.29) is 25.4 Å². The van der Waals surface area contributed by atoms with Crippen molar-refractivity contribution in [3.63, 3.8) is 0 Å². The quantitative estimate of drug-likeness (QED) is 0.523. The van der Waals surface area contributed by atoms with Crippen molar-refractivity contribution in [2.75, 3.05) is 18.6 Å². The Balaban J connectivity index is 0.00000338. The van der Waals surface area contributed by atoms with Crippen molar-refractivity contribution < 1.29 is 19.1 Å². The summed E-state index contributed by atoms with van der Waals surface area (Å²) in [5.41, 5.74) is 13.9. The molecule has 1 amide bonds. The number of ether oxygens (including phenoxy) is 2. The van der Waals surface area contributed by atoms with E-state index in [0.29, 0.717) is 11.4 Å². The van der Waals surface area contributed by atoms with Crippen LogP contribution in [0.5, 0.6) is 0 Å². The molecule has 2 rings (SSSR count). The van der Waals surface area contributed by atoms with Crippen molar-refractivity contribution in [3.8, 4) is 0 Å². The first-order valence-electron chi connectivity index (χ1n) is 7.68. The number of nitrogens with one attached hydrogen (secondary N) is 1. The molecule has 0 aromatic heterocycles. The zero-order valence-electron chi connectivity index (χ0n) is 14.3. The second-order valence-corrected chi connectivity index (χ2v) is 5.45. The Morgan fingerprint density at radius 3 is 2.35 bits per heavy atom. The van der Waals surface area contributed by atoms with Crippen molar-refractivity contribution >= 4 is 35.8 Å². The van der Waals surface area contributed by atoms with Crippen LogP contribution in [0.15, 0.2) is 48.5 Å². The standard InChI is InChI=1S/C18H21N3O4.ClH/c1-24-17(22)16(10-13-7-8-14(19)15(20)9-13)21-18(23)25-11-12-5-3-2-4-6-12;/h2-9,16H,10-11,19-20H2,1H3,(H,21,23);1H/t16-;/m1./s1. The lowest BCUT2D eigenvalue weighted by atomic mass is 10.0. The Kier molecular flexibility index (Phi) is 8.24. The number of hydrogen-bond acceptors (Lipinski definition) is 6. The van der Waals surface area contributed by atoms with E-state index in [4.69, 9.17) is 20.9 Å². The number of rotatable bonds is 6. The number of amides is 1. The Morgan fingerprint density at radius 1 is 1.04 bits per heavy atom. The van der Waals surface area contributed by atoms with Gasteiger partial charge in [0.2, 0.25) is 0 Å². The normalized spacial score (nSPS) is 11.0. The van der Waals surface area contributed by atoms with Crippen LogP contribution in [-0.2, 0) is 27.3 Å². The summed E-state index contributed by atoms with van der Waals surface area (Å²) in [6, 6.07) is 13.4. The Hall–Kier alpha value is -2.93. The van der Waals surface area contributed by atoms with E-state index in [1.54, 1.807) is 18.2 Å². The SMILES string of the molecule is COC(=O)[C@@H](Cc1ccc(N)c(N)c1)NC(=O)OCc1ccccc1.Cl. The number of esters is 1. The number of benzene rings is 2. The number of anilines is 2. The first-order chi connectivity index (χ1) is 12.0. The molecule has 7 nitrogen and oxygen atoms in total. The zero-order valence-corrected chi connectivity index (χ0v) is 15.1. The molecule has 1 atom stereocenters. The topological polar surface area (TPSA) is 117 Å². The first kappa shape index (κ1) is 21.1. The smallest absolute Gasteiger partial charge is 0.408 e. The van der Waals surface area contributed by atoms with Gasteiger partial charge in [0.25, 0.3) is 0 Å². The lowest BCUT2D eigenvalue weighted by molar-refractivity contribution is -0.143. The second kappa shape index (κ2) is 10.1. The predicted molar refractivity (Wildman–Crippen MR) is 102 cm³/mol. The fourth-order valence-electron chi connectivity index (χ4n) is 2.23. The summed E-state index contributed by atoms with van der Waals surface area (Å²) in [6.07, 6.45) is -0.500. The van der Waals surface area contributed by atoms with Crippen molar-refractivity contribution in [1.82, 2.24) is 5.32 Å². The Bertz CT molecular complexity index is 740. The summed E-state index contributed by atoms with van der Waals surface area (Å²) in [5, 5.41) is 2.51. The number of carbonyl (C=O) groups is 2. The molecule has 0 fully saturated rings. The lowest BCUT2D eigenvalue weighted by Gasteiger charge is -2.17. The first-order valence-corrected chi connectivity index (χ1v) is 7.68. The zero-order chi connectivity index (χ0) is 18.2. The molecule has 0 bridgehead atoms. The fraction of sp³-hybridized carbons (Fsp3) is 0.222. The van der Waals surface area contributed by atoms with E-state index in [9.17, 15) is 9.59 Å². The molecule has 2 aromatic rings. The molecule has 140 valence electrons. The van der Waals surface area contributed by atoms with Crippen LogP contribution in [0.4, 0.5) is 16.2 Å². The highest BCUT2D eigenvalue weighted by atomic mass is 35.5. The maximum absolute atomic E-state index is 12.0. The van der Waals surface area contributed by atoms with Crippen molar-refractivity contribution in [1.29, 1.82) is 0 Å². The third-order valence-corrected chi connectivity index (χ3v) is 3.58. The number of nitrogen functional groups attached to an aromatic ring is 2. The highest BCUT2D eigenvalue weighted by Crippen LogP contribution is 2.17. The maximum atomic E-state index is 12.0. The average Bonchev–Trinajstić information content (AvgIpc) is 2.62. The number of carbonyl (C=O) groups excluding carboxylic acids is 2. The minimum Gasteiger partial charge on any atom is -0.467 e. The van der Waals surface area contributed by atoms with E-state index in [1.165, 1.54) is 7.11 Å². The van der Waals surface area contributed by atoms with Crippen LogP contribution in [0.3, 0.4) is 0 Å². The van der Waals surface area contributed by atoms with Gasteiger partial charge < -0.3 is 26.3 Å². The van der Waals surface area contributed by atoms with Crippen LogP contribution < -0.4 is 16.8 Å². The predicted octanol–water partition coefficient (Wildman–Crippen LogP) is 2.28. The van der Waals surface area contributed by atoms with Crippen LogP contribution >= 0.6 is 12.4 Å². The minimum atomic E-state index is -0.892. The monoisotopic (exact) mass is 379 g/mol. The molecular formula is C18H22ClN3O4. The fourth-order valence-corrected chi connectivity index (χ4v) is 2.23. The van der Waals surface area contributed by atoms with Crippen LogP contribution in [0.1, 0.15) is 11.1 Å². The van der Waals surface area contributed by atoms with Gasteiger partial charge in [-0.1, -0.05) is 36.4 Å². The van der Waals surface area contributed by atoms with Crippen molar-refractivity contribution in [2.45, 2.75) is 19.1 Å². The molecule has 5 N–H and O–H groups in total. The van der Waals surface area contributed by atoms with Crippen LogP contribution in [0.25, 0.3) is 0 Å². The third kappa shape index (κ3) is 6.18. The molecule has 0 aliphatic heterocycles. The van der Waals surface area contributed by atoms with E-state index in [0.717, 1.165) is 11.1 Å². The minimum absolute atomic E-state index is 0. The van der Waals surface area contributed by atoms with Gasteiger partial charge in [-0.05, 0) is 23.3 Å². The van der Waals surface area contributed by atoms with Gasteiger partial charge >= 0.3 is 12.1 Å². The molecule has 0 unspecified atom stereocenters. The van der Waals surface area contributed by atoms with Crippen LogP contribution in [0, 0.1) is 0 Å². The number of nitrogens with two attached hydrogens (primary N) is 2. The summed E-state index contributed by atoms with van der Waals surface area (Å²) in [4.78, 5) is 23.9. The summed E-state index contributed by atoms with van der Waals surface area (Å²) in [7, 11) is 1.25. The van der Waals surface area contributed by atoms with Gasteiger partial charge in [-0.3, -0.25) is 0 Å². The average molecular weight is 380 g/mol.